The first-order valence-electron chi connectivity index (χ1n) is 14.9. The minimum Gasteiger partial charge on any atom is -0.456 e. The quantitative estimate of drug-likeness (QED) is 0.178. The molecule has 2 aromatic carbocycles. The Morgan fingerprint density at radius 1 is 0.775 bits per heavy atom. The van der Waals surface area contributed by atoms with E-state index in [4.69, 9.17) is 4.42 Å². The second-order valence-corrected chi connectivity index (χ2v) is 13.6. The summed E-state index contributed by atoms with van der Waals surface area (Å²) in [6, 6.07) is 21.9. The summed E-state index contributed by atoms with van der Waals surface area (Å²) in [5.74, 6) is 0.744. The maximum atomic E-state index is 12.5. The minimum atomic E-state index is -4.43. The van der Waals surface area contributed by atoms with Gasteiger partial charge in [0.2, 0.25) is 5.36 Å². The molecule has 7 heteroatoms. The molecule has 2 aromatic rings. The number of benzene rings is 3. The van der Waals surface area contributed by atoms with Crippen molar-refractivity contribution in [3.05, 3.63) is 66.0 Å². The SMILES string of the molecule is O=S(=O)(O)c1ccccc1-c1c2ccc(=[N+]3C4CCCC3CC4)cc-2oc2cc(N3C4CCCC3CC4)ccc12. The highest BCUT2D eigenvalue weighted by atomic mass is 32.2. The molecule has 0 amide bonds. The van der Waals surface area contributed by atoms with Gasteiger partial charge in [-0.05, 0) is 62.8 Å². The van der Waals surface area contributed by atoms with Crippen LogP contribution in [0.4, 0.5) is 5.69 Å². The summed E-state index contributed by atoms with van der Waals surface area (Å²) in [4.78, 5) is 2.51. The van der Waals surface area contributed by atoms with Crippen LogP contribution in [0.5, 0.6) is 0 Å². The first-order valence-corrected chi connectivity index (χ1v) is 16.4. The standard InChI is InChI=1S/C33H34N2O4S/c36-40(37,38)32-10-2-1-9-29(32)33-27-17-15-25(34-21-5-3-6-22(34)12-11-21)19-30(27)39-31-20-26(16-18-28(31)33)35-23-7-4-8-24(35)14-13-23/h1-2,9-10,15-24H,3-8,11-14H2/p+1. The topological polar surface area (TPSA) is 73.8 Å². The van der Waals surface area contributed by atoms with E-state index in [2.05, 4.69) is 45.9 Å². The average molecular weight is 556 g/mol. The molecule has 6 aliphatic rings. The summed E-state index contributed by atoms with van der Waals surface area (Å²) in [7, 11) is -4.43. The third-order valence-corrected chi connectivity index (χ3v) is 11.0. The van der Waals surface area contributed by atoms with E-state index < -0.39 is 10.1 Å². The first kappa shape index (κ1) is 24.6. The van der Waals surface area contributed by atoms with Crippen molar-refractivity contribution in [2.45, 2.75) is 93.3 Å². The molecule has 4 bridgehead atoms. The summed E-state index contributed by atoms with van der Waals surface area (Å²) in [5, 5.41) is 2.03. The second kappa shape index (κ2) is 9.18. The van der Waals surface area contributed by atoms with Crippen molar-refractivity contribution in [1.82, 2.24) is 4.58 Å². The number of nitrogens with zero attached hydrogens (tertiary/aromatic N) is 2. The van der Waals surface area contributed by atoms with Crippen LogP contribution >= 0.6 is 0 Å². The van der Waals surface area contributed by atoms with Crippen molar-refractivity contribution >= 4 is 26.8 Å². The Morgan fingerprint density at radius 2 is 1.50 bits per heavy atom. The zero-order valence-corrected chi connectivity index (χ0v) is 23.4. The van der Waals surface area contributed by atoms with Crippen LogP contribution in [0.2, 0.25) is 0 Å². The Hall–Kier alpha value is -3.16. The lowest BCUT2D eigenvalue weighted by Crippen LogP contribution is -2.42. The van der Waals surface area contributed by atoms with Crippen LogP contribution in [-0.4, -0.2) is 37.1 Å². The van der Waals surface area contributed by atoms with Gasteiger partial charge in [-0.1, -0.05) is 18.2 Å². The molecule has 206 valence electrons. The Balaban J connectivity index is 1.40. The Morgan fingerprint density at radius 3 is 2.25 bits per heavy atom. The molecule has 4 fully saturated rings. The zero-order chi connectivity index (χ0) is 27.0. The molecular formula is C33H35N2O4S+. The number of fused-ring (bicyclic) bond motifs is 6. The molecule has 5 heterocycles. The smallest absolute Gasteiger partial charge is 0.295 e. The van der Waals surface area contributed by atoms with E-state index in [1.165, 1.54) is 81.3 Å². The lowest BCUT2D eigenvalue weighted by atomic mass is 9.93. The molecule has 40 heavy (non-hydrogen) atoms. The highest BCUT2D eigenvalue weighted by molar-refractivity contribution is 7.86. The van der Waals surface area contributed by atoms with Crippen molar-refractivity contribution in [3.8, 4) is 22.5 Å². The van der Waals surface area contributed by atoms with Crippen LogP contribution in [0.1, 0.15) is 64.2 Å². The molecule has 4 unspecified atom stereocenters. The van der Waals surface area contributed by atoms with Gasteiger partial charge in [0.05, 0.1) is 6.07 Å². The van der Waals surface area contributed by atoms with Gasteiger partial charge in [0.15, 0.2) is 12.1 Å². The highest BCUT2D eigenvalue weighted by Gasteiger charge is 2.41. The zero-order valence-electron chi connectivity index (χ0n) is 22.6. The Bertz CT molecular complexity index is 1760. The van der Waals surface area contributed by atoms with Gasteiger partial charge < -0.3 is 9.32 Å². The molecule has 0 aromatic heterocycles. The van der Waals surface area contributed by atoms with E-state index in [1.807, 2.05) is 6.07 Å². The number of rotatable bonds is 3. The molecule has 5 aliphatic heterocycles. The van der Waals surface area contributed by atoms with Gasteiger partial charge in [0.1, 0.15) is 16.2 Å². The molecule has 0 radical (unpaired) electrons. The molecule has 1 aliphatic carbocycles. The maximum absolute atomic E-state index is 12.5. The molecule has 0 saturated carbocycles. The summed E-state index contributed by atoms with van der Waals surface area (Å²) in [6.45, 7) is 0. The van der Waals surface area contributed by atoms with Crippen molar-refractivity contribution in [3.63, 3.8) is 0 Å². The average Bonchev–Trinajstić information content (AvgIpc) is 3.36. The predicted octanol–water partition coefficient (Wildman–Crippen LogP) is 6.46. The van der Waals surface area contributed by atoms with Crippen LogP contribution in [0.25, 0.3) is 33.4 Å². The number of piperidine rings is 2. The summed E-state index contributed by atoms with van der Waals surface area (Å²) < 4.78 is 44.5. The number of hydrogen-bond acceptors (Lipinski definition) is 4. The maximum Gasteiger partial charge on any atom is 0.295 e. The Kier molecular flexibility index (Phi) is 5.65. The van der Waals surface area contributed by atoms with Crippen LogP contribution in [0, 0.1) is 0 Å². The summed E-state index contributed by atoms with van der Waals surface area (Å²) in [6.07, 6.45) is 12.5. The van der Waals surface area contributed by atoms with E-state index in [-0.39, 0.29) is 4.90 Å². The van der Waals surface area contributed by atoms with Crippen molar-refractivity contribution < 1.29 is 17.4 Å². The van der Waals surface area contributed by atoms with E-state index in [0.717, 1.165) is 27.9 Å². The largest absolute Gasteiger partial charge is 0.456 e. The minimum absolute atomic E-state index is 0.0832. The van der Waals surface area contributed by atoms with Gasteiger partial charge in [0.25, 0.3) is 10.1 Å². The lowest BCUT2D eigenvalue weighted by molar-refractivity contribution is 0.341. The first-order chi connectivity index (χ1) is 19.5. The van der Waals surface area contributed by atoms with Crippen molar-refractivity contribution in [2.75, 3.05) is 4.90 Å². The van der Waals surface area contributed by atoms with Crippen molar-refractivity contribution in [1.29, 1.82) is 0 Å². The fourth-order valence-electron chi connectivity index (χ4n) is 8.45. The number of anilines is 1. The molecular weight excluding hydrogens is 520 g/mol. The summed E-state index contributed by atoms with van der Waals surface area (Å²) in [5.41, 5.74) is 4.05. The van der Waals surface area contributed by atoms with Crippen LogP contribution < -0.4 is 14.8 Å². The van der Waals surface area contributed by atoms with Gasteiger partial charge in [0, 0.05) is 77.7 Å². The molecule has 6 nitrogen and oxygen atoms in total. The van der Waals surface area contributed by atoms with E-state index in [1.54, 1.807) is 12.1 Å². The van der Waals surface area contributed by atoms with Gasteiger partial charge in [-0.3, -0.25) is 4.55 Å². The normalized spacial score (nSPS) is 26.2. The number of hydrogen-bond donors (Lipinski definition) is 1. The third-order valence-electron chi connectivity index (χ3n) is 10.1. The van der Waals surface area contributed by atoms with Crippen LogP contribution in [0.15, 0.2) is 70.0 Å². The fraction of sp³-hybridized carbons (Fsp3) is 0.424. The van der Waals surface area contributed by atoms with Crippen LogP contribution in [0.3, 0.4) is 0 Å². The van der Waals surface area contributed by atoms with Gasteiger partial charge in [-0.2, -0.15) is 8.42 Å². The highest BCUT2D eigenvalue weighted by Crippen LogP contribution is 2.45. The fourth-order valence-corrected chi connectivity index (χ4v) is 9.15. The molecule has 8 rings (SSSR count). The van der Waals surface area contributed by atoms with Gasteiger partial charge >= 0.3 is 0 Å². The molecule has 0 spiro atoms. The van der Waals surface area contributed by atoms with Gasteiger partial charge in [-0.15, -0.1) is 0 Å². The third kappa shape index (κ3) is 3.85. The van der Waals surface area contributed by atoms with Crippen LogP contribution in [-0.2, 0) is 10.1 Å². The lowest BCUT2D eigenvalue weighted by Gasteiger charge is -2.37. The second-order valence-electron chi connectivity index (χ2n) is 12.3. The molecule has 4 saturated heterocycles. The van der Waals surface area contributed by atoms with E-state index >= 15 is 0 Å². The monoisotopic (exact) mass is 555 g/mol. The van der Waals surface area contributed by atoms with Crippen molar-refractivity contribution in [2.24, 2.45) is 0 Å². The summed E-state index contributed by atoms with van der Waals surface area (Å²) >= 11 is 0. The van der Waals surface area contributed by atoms with E-state index in [0.29, 0.717) is 29.7 Å². The molecule has 1 N–H and O–H groups in total. The Labute approximate surface area is 235 Å². The predicted molar refractivity (Wildman–Crippen MR) is 157 cm³/mol. The van der Waals surface area contributed by atoms with E-state index in [9.17, 15) is 13.0 Å². The van der Waals surface area contributed by atoms with Gasteiger partial charge in [-0.25, -0.2) is 4.58 Å². The molecule has 4 atom stereocenters.